The number of nitrogens with zero attached hydrogens (tertiary/aromatic N) is 2. The van der Waals surface area contributed by atoms with Crippen LogP contribution in [0.1, 0.15) is 15.9 Å². The molecule has 0 aliphatic rings. The predicted molar refractivity (Wildman–Crippen MR) is 77.0 cm³/mol. The highest BCUT2D eigenvalue weighted by molar-refractivity contribution is 5.88. The van der Waals surface area contributed by atoms with Crippen molar-refractivity contribution in [1.82, 2.24) is 9.97 Å². The molecule has 6 heteroatoms. The molecule has 1 heterocycles. The molecule has 104 valence electrons. The number of rotatable bonds is 6. The van der Waals surface area contributed by atoms with Crippen molar-refractivity contribution in [3.63, 3.8) is 0 Å². The molecule has 0 radical (unpaired) electrons. The first kappa shape index (κ1) is 13.8. The standard InChI is InChI=1S/C14H16N4O2/c1-20-11-4-2-10(3-5-11)6-7-16-14-12(8-19)13(15)17-9-18-14/h2-5,8-9H,6-7H2,1H3,(H3,15,16,17,18). The summed E-state index contributed by atoms with van der Waals surface area (Å²) >= 11 is 0. The number of ether oxygens (including phenoxy) is 1. The van der Waals surface area contributed by atoms with Crippen molar-refractivity contribution in [2.75, 3.05) is 24.7 Å². The van der Waals surface area contributed by atoms with Gasteiger partial charge in [-0.2, -0.15) is 0 Å². The quantitative estimate of drug-likeness (QED) is 0.775. The van der Waals surface area contributed by atoms with Crippen LogP contribution in [-0.4, -0.2) is 29.9 Å². The van der Waals surface area contributed by atoms with E-state index in [1.165, 1.54) is 6.33 Å². The number of hydrogen-bond acceptors (Lipinski definition) is 6. The Hall–Kier alpha value is -2.63. The maximum Gasteiger partial charge on any atom is 0.157 e. The molecule has 1 aromatic heterocycles. The Kier molecular flexibility index (Phi) is 4.49. The van der Waals surface area contributed by atoms with Crippen LogP contribution in [0.5, 0.6) is 5.75 Å². The summed E-state index contributed by atoms with van der Waals surface area (Å²) in [4.78, 5) is 18.7. The molecule has 0 unspecified atom stereocenters. The number of benzene rings is 1. The molecule has 2 rings (SSSR count). The summed E-state index contributed by atoms with van der Waals surface area (Å²) in [7, 11) is 1.64. The fourth-order valence-electron chi connectivity index (χ4n) is 1.78. The van der Waals surface area contributed by atoms with E-state index in [1.54, 1.807) is 7.11 Å². The number of aldehydes is 1. The summed E-state index contributed by atoms with van der Waals surface area (Å²) in [5, 5.41) is 3.09. The summed E-state index contributed by atoms with van der Waals surface area (Å²) < 4.78 is 5.10. The van der Waals surface area contributed by atoms with Gasteiger partial charge in [-0.1, -0.05) is 12.1 Å². The first-order chi connectivity index (χ1) is 9.74. The topological polar surface area (TPSA) is 90.1 Å². The zero-order valence-corrected chi connectivity index (χ0v) is 11.2. The highest BCUT2D eigenvalue weighted by Gasteiger charge is 2.07. The first-order valence-corrected chi connectivity index (χ1v) is 6.17. The molecular formula is C14H16N4O2. The third kappa shape index (κ3) is 3.23. The third-order valence-electron chi connectivity index (χ3n) is 2.90. The number of nitrogen functional groups attached to an aromatic ring is 1. The van der Waals surface area contributed by atoms with Crippen LogP contribution < -0.4 is 15.8 Å². The average Bonchev–Trinajstić information content (AvgIpc) is 2.48. The number of carbonyl (C=O) groups is 1. The summed E-state index contributed by atoms with van der Waals surface area (Å²) in [6.07, 6.45) is 2.79. The maximum absolute atomic E-state index is 10.9. The number of anilines is 2. The summed E-state index contributed by atoms with van der Waals surface area (Å²) in [6, 6.07) is 7.81. The SMILES string of the molecule is COc1ccc(CCNc2ncnc(N)c2C=O)cc1. The molecular weight excluding hydrogens is 256 g/mol. The van der Waals surface area contributed by atoms with Crippen molar-refractivity contribution in [2.45, 2.75) is 6.42 Å². The van der Waals surface area contributed by atoms with Crippen LogP contribution in [0.4, 0.5) is 11.6 Å². The van der Waals surface area contributed by atoms with Gasteiger partial charge in [-0.05, 0) is 24.1 Å². The lowest BCUT2D eigenvalue weighted by molar-refractivity contribution is 0.112. The van der Waals surface area contributed by atoms with Gasteiger partial charge in [0.2, 0.25) is 0 Å². The summed E-state index contributed by atoms with van der Waals surface area (Å²) in [6.45, 7) is 0.642. The fourth-order valence-corrected chi connectivity index (χ4v) is 1.78. The van der Waals surface area contributed by atoms with Crippen molar-refractivity contribution >= 4 is 17.9 Å². The zero-order chi connectivity index (χ0) is 14.4. The molecule has 0 fully saturated rings. The number of carbonyl (C=O) groups excluding carboxylic acids is 1. The predicted octanol–water partition coefficient (Wildman–Crippen LogP) is 1.53. The van der Waals surface area contributed by atoms with Gasteiger partial charge in [0.15, 0.2) is 6.29 Å². The van der Waals surface area contributed by atoms with Crippen molar-refractivity contribution in [3.05, 3.63) is 41.7 Å². The highest BCUT2D eigenvalue weighted by Crippen LogP contribution is 2.15. The molecule has 1 aromatic carbocycles. The van der Waals surface area contributed by atoms with Gasteiger partial charge in [-0.25, -0.2) is 9.97 Å². The molecule has 0 aliphatic carbocycles. The van der Waals surface area contributed by atoms with Gasteiger partial charge in [-0.15, -0.1) is 0 Å². The molecule has 0 amide bonds. The van der Waals surface area contributed by atoms with Crippen molar-refractivity contribution in [2.24, 2.45) is 0 Å². The van der Waals surface area contributed by atoms with E-state index in [1.807, 2.05) is 24.3 Å². The van der Waals surface area contributed by atoms with Crippen LogP contribution in [0, 0.1) is 0 Å². The Morgan fingerprint density at radius 3 is 2.70 bits per heavy atom. The Morgan fingerprint density at radius 1 is 1.30 bits per heavy atom. The molecule has 0 bridgehead atoms. The summed E-state index contributed by atoms with van der Waals surface area (Å²) in [5.74, 6) is 1.47. The van der Waals surface area contributed by atoms with E-state index in [0.29, 0.717) is 24.2 Å². The number of methoxy groups -OCH3 is 1. The maximum atomic E-state index is 10.9. The molecule has 20 heavy (non-hydrogen) atoms. The van der Waals surface area contributed by atoms with Gasteiger partial charge in [0.1, 0.15) is 23.7 Å². The van der Waals surface area contributed by atoms with E-state index in [9.17, 15) is 4.79 Å². The van der Waals surface area contributed by atoms with Gasteiger partial charge in [-0.3, -0.25) is 4.79 Å². The van der Waals surface area contributed by atoms with Crippen LogP contribution in [0.25, 0.3) is 0 Å². The molecule has 2 aromatic rings. The molecule has 0 spiro atoms. The van der Waals surface area contributed by atoms with E-state index in [-0.39, 0.29) is 5.82 Å². The van der Waals surface area contributed by atoms with Crippen molar-refractivity contribution in [3.8, 4) is 5.75 Å². The second-order valence-electron chi connectivity index (χ2n) is 4.16. The van der Waals surface area contributed by atoms with Gasteiger partial charge in [0.25, 0.3) is 0 Å². The molecule has 0 atom stereocenters. The van der Waals surface area contributed by atoms with E-state index in [4.69, 9.17) is 10.5 Å². The van der Waals surface area contributed by atoms with Crippen molar-refractivity contribution in [1.29, 1.82) is 0 Å². The summed E-state index contributed by atoms with van der Waals surface area (Å²) in [5.41, 5.74) is 7.06. The number of aromatic nitrogens is 2. The highest BCUT2D eigenvalue weighted by atomic mass is 16.5. The lowest BCUT2D eigenvalue weighted by Gasteiger charge is -2.09. The zero-order valence-electron chi connectivity index (χ0n) is 11.2. The molecule has 3 N–H and O–H groups in total. The molecule has 0 saturated carbocycles. The van der Waals surface area contributed by atoms with Gasteiger partial charge >= 0.3 is 0 Å². The third-order valence-corrected chi connectivity index (χ3v) is 2.90. The lowest BCUT2D eigenvalue weighted by atomic mass is 10.1. The van der Waals surface area contributed by atoms with E-state index in [2.05, 4.69) is 15.3 Å². The van der Waals surface area contributed by atoms with Crippen molar-refractivity contribution < 1.29 is 9.53 Å². The number of nitrogens with one attached hydrogen (secondary N) is 1. The second-order valence-corrected chi connectivity index (χ2v) is 4.16. The lowest BCUT2D eigenvalue weighted by Crippen LogP contribution is -2.10. The Bertz CT molecular complexity index is 584. The van der Waals surface area contributed by atoms with E-state index >= 15 is 0 Å². The molecule has 0 aliphatic heterocycles. The van der Waals surface area contributed by atoms with E-state index in [0.717, 1.165) is 17.7 Å². The average molecular weight is 272 g/mol. The van der Waals surface area contributed by atoms with Crippen LogP contribution in [0.15, 0.2) is 30.6 Å². The normalized spacial score (nSPS) is 10.1. The molecule has 0 saturated heterocycles. The van der Waals surface area contributed by atoms with Crippen LogP contribution in [-0.2, 0) is 6.42 Å². The minimum Gasteiger partial charge on any atom is -0.497 e. The first-order valence-electron chi connectivity index (χ1n) is 6.17. The second kappa shape index (κ2) is 6.51. The monoisotopic (exact) mass is 272 g/mol. The van der Waals surface area contributed by atoms with Crippen LogP contribution in [0.3, 0.4) is 0 Å². The Morgan fingerprint density at radius 2 is 2.05 bits per heavy atom. The van der Waals surface area contributed by atoms with Crippen LogP contribution >= 0.6 is 0 Å². The van der Waals surface area contributed by atoms with Gasteiger partial charge in [0, 0.05) is 6.54 Å². The van der Waals surface area contributed by atoms with Gasteiger partial charge in [0.05, 0.1) is 12.7 Å². The van der Waals surface area contributed by atoms with E-state index < -0.39 is 0 Å². The smallest absolute Gasteiger partial charge is 0.157 e. The minimum absolute atomic E-state index is 0.182. The Labute approximate surface area is 117 Å². The largest absolute Gasteiger partial charge is 0.497 e. The minimum atomic E-state index is 0.182. The fraction of sp³-hybridized carbons (Fsp3) is 0.214. The Balaban J connectivity index is 1.95. The molecule has 6 nitrogen and oxygen atoms in total. The number of hydrogen-bond donors (Lipinski definition) is 2. The number of nitrogens with two attached hydrogens (primary N) is 1. The van der Waals surface area contributed by atoms with Gasteiger partial charge < -0.3 is 15.8 Å². The van der Waals surface area contributed by atoms with Crippen LogP contribution in [0.2, 0.25) is 0 Å².